The van der Waals surface area contributed by atoms with Crippen molar-refractivity contribution >= 4 is 16.3 Å². The number of ether oxygens (including phenoxy) is 2. The van der Waals surface area contributed by atoms with Gasteiger partial charge in [-0.25, -0.2) is 4.98 Å². The van der Waals surface area contributed by atoms with Gasteiger partial charge in [0.25, 0.3) is 0 Å². The SMILES string of the molecule is CCc1nc2sc([C@H](c3cccc(OC)c3)[NH+]3C[C@@H](C)O[C@H](C)C3)c(O)n2n1. The predicted molar refractivity (Wildman–Crippen MR) is 107 cm³/mol. The Balaban J connectivity index is 1.82. The van der Waals surface area contributed by atoms with Gasteiger partial charge in [0.2, 0.25) is 10.8 Å². The fraction of sp³-hybridized carbons (Fsp3) is 0.500. The first-order valence-electron chi connectivity index (χ1n) is 9.71. The quantitative estimate of drug-likeness (QED) is 0.680. The summed E-state index contributed by atoms with van der Waals surface area (Å²) in [5.74, 6) is 1.73. The van der Waals surface area contributed by atoms with E-state index < -0.39 is 0 Å². The minimum absolute atomic E-state index is 0.0394. The summed E-state index contributed by atoms with van der Waals surface area (Å²) in [4.78, 5) is 7.51. The lowest BCUT2D eigenvalue weighted by atomic mass is 10.0. The summed E-state index contributed by atoms with van der Waals surface area (Å²) in [6, 6.07) is 8.04. The molecule has 0 spiro atoms. The van der Waals surface area contributed by atoms with Crippen molar-refractivity contribution in [3.63, 3.8) is 0 Å². The van der Waals surface area contributed by atoms with Gasteiger partial charge in [0.05, 0.1) is 7.11 Å². The van der Waals surface area contributed by atoms with Gasteiger partial charge in [0, 0.05) is 12.0 Å². The normalized spacial score (nSPS) is 23.8. The average molecular weight is 404 g/mol. The predicted octanol–water partition coefficient (Wildman–Crippen LogP) is 1.85. The Labute approximate surface area is 168 Å². The van der Waals surface area contributed by atoms with Gasteiger partial charge in [-0.2, -0.15) is 4.52 Å². The Kier molecular flexibility index (Phi) is 5.27. The zero-order chi connectivity index (χ0) is 19.8. The van der Waals surface area contributed by atoms with Crippen LogP contribution in [0.4, 0.5) is 0 Å². The van der Waals surface area contributed by atoms with Gasteiger partial charge >= 0.3 is 0 Å². The molecule has 3 aromatic rings. The molecule has 1 aromatic carbocycles. The van der Waals surface area contributed by atoms with Gasteiger partial charge in [-0.15, -0.1) is 5.10 Å². The van der Waals surface area contributed by atoms with E-state index in [2.05, 4.69) is 36.1 Å². The van der Waals surface area contributed by atoms with Gasteiger partial charge in [-0.05, 0) is 26.0 Å². The number of thiazole rings is 1. The van der Waals surface area contributed by atoms with Gasteiger partial charge in [0.15, 0.2) is 11.9 Å². The van der Waals surface area contributed by atoms with E-state index in [-0.39, 0.29) is 24.1 Å². The zero-order valence-corrected chi connectivity index (χ0v) is 17.5. The molecule has 0 saturated carbocycles. The van der Waals surface area contributed by atoms with Crippen molar-refractivity contribution in [2.75, 3.05) is 20.2 Å². The molecule has 1 saturated heterocycles. The first-order valence-corrected chi connectivity index (χ1v) is 10.5. The van der Waals surface area contributed by atoms with Crippen molar-refractivity contribution < 1.29 is 19.5 Å². The maximum atomic E-state index is 11.0. The van der Waals surface area contributed by atoms with Crippen LogP contribution in [-0.4, -0.2) is 52.1 Å². The Hall–Kier alpha value is -2.16. The highest BCUT2D eigenvalue weighted by molar-refractivity contribution is 7.17. The van der Waals surface area contributed by atoms with Crippen LogP contribution < -0.4 is 9.64 Å². The molecular formula is C20H27N4O3S+. The van der Waals surface area contributed by atoms with Crippen molar-refractivity contribution in [3.05, 3.63) is 40.5 Å². The Morgan fingerprint density at radius 1 is 1.36 bits per heavy atom. The molecule has 0 amide bonds. The van der Waals surface area contributed by atoms with Gasteiger partial charge < -0.3 is 19.5 Å². The number of aromatic nitrogens is 3. The molecular weight excluding hydrogens is 376 g/mol. The van der Waals surface area contributed by atoms with Crippen molar-refractivity contribution in [2.45, 2.75) is 45.4 Å². The fourth-order valence-electron chi connectivity index (χ4n) is 4.07. The minimum atomic E-state index is -0.0394. The molecule has 0 unspecified atom stereocenters. The lowest BCUT2D eigenvalue weighted by Gasteiger charge is -2.37. The summed E-state index contributed by atoms with van der Waals surface area (Å²) in [5.41, 5.74) is 1.10. The van der Waals surface area contributed by atoms with Crippen molar-refractivity contribution in [2.24, 2.45) is 0 Å². The van der Waals surface area contributed by atoms with Crippen LogP contribution in [0.2, 0.25) is 0 Å². The monoisotopic (exact) mass is 403 g/mol. The summed E-state index contributed by atoms with van der Waals surface area (Å²) in [5, 5.41) is 15.5. The van der Waals surface area contributed by atoms with Crippen LogP contribution >= 0.6 is 11.3 Å². The molecule has 2 N–H and O–H groups in total. The van der Waals surface area contributed by atoms with Crippen LogP contribution in [0.5, 0.6) is 11.6 Å². The third kappa shape index (κ3) is 3.47. The number of nitrogens with one attached hydrogen (secondary N) is 1. The molecule has 0 bridgehead atoms. The number of hydrogen-bond donors (Lipinski definition) is 2. The van der Waals surface area contributed by atoms with Crippen LogP contribution in [0.25, 0.3) is 4.96 Å². The molecule has 150 valence electrons. The molecule has 4 rings (SSSR count). The molecule has 7 nitrogen and oxygen atoms in total. The highest BCUT2D eigenvalue weighted by Crippen LogP contribution is 2.36. The smallest absolute Gasteiger partial charge is 0.235 e. The molecule has 8 heteroatoms. The Bertz CT molecular complexity index is 960. The number of fused-ring (bicyclic) bond motifs is 1. The third-order valence-electron chi connectivity index (χ3n) is 5.22. The van der Waals surface area contributed by atoms with Crippen LogP contribution in [0.3, 0.4) is 0 Å². The standard InChI is InChI=1S/C20H26N4O3S/c1-5-16-21-20-24(22-16)19(25)18(28-20)17(14-7-6-8-15(9-14)26-4)23-10-12(2)27-13(3)11-23/h6-9,12-13,17,25H,5,10-11H2,1-4H3/p+1/t12-,13-,17+/m1/s1. The first-order chi connectivity index (χ1) is 13.5. The minimum Gasteiger partial charge on any atom is -0.497 e. The lowest BCUT2D eigenvalue weighted by molar-refractivity contribution is -0.939. The van der Waals surface area contributed by atoms with Crippen molar-refractivity contribution in [3.8, 4) is 11.6 Å². The molecule has 1 fully saturated rings. The Morgan fingerprint density at radius 3 is 2.75 bits per heavy atom. The first kappa shape index (κ1) is 19.2. The van der Waals surface area contributed by atoms with Gasteiger partial charge in [0.1, 0.15) is 35.9 Å². The molecule has 1 aliphatic rings. The van der Waals surface area contributed by atoms with Crippen LogP contribution in [0.15, 0.2) is 24.3 Å². The summed E-state index contributed by atoms with van der Waals surface area (Å²) in [7, 11) is 1.67. The highest BCUT2D eigenvalue weighted by Gasteiger charge is 2.37. The van der Waals surface area contributed by atoms with Crippen LogP contribution in [0.1, 0.15) is 43.1 Å². The maximum Gasteiger partial charge on any atom is 0.235 e. The van der Waals surface area contributed by atoms with E-state index in [1.54, 1.807) is 11.6 Å². The lowest BCUT2D eigenvalue weighted by Crippen LogP contribution is -3.15. The van der Waals surface area contributed by atoms with E-state index in [0.717, 1.165) is 46.5 Å². The van der Waals surface area contributed by atoms with Crippen LogP contribution in [0, 0.1) is 0 Å². The second-order valence-corrected chi connectivity index (χ2v) is 8.41. The molecule has 0 aliphatic carbocycles. The molecule has 3 heterocycles. The second-order valence-electron chi connectivity index (χ2n) is 7.40. The number of aryl methyl sites for hydroxylation is 1. The highest BCUT2D eigenvalue weighted by atomic mass is 32.1. The number of rotatable bonds is 5. The number of quaternary nitrogens is 1. The number of benzene rings is 1. The average Bonchev–Trinajstić information content (AvgIpc) is 3.21. The summed E-state index contributed by atoms with van der Waals surface area (Å²) in [6.07, 6.45) is 1.05. The van der Waals surface area contributed by atoms with E-state index in [9.17, 15) is 5.11 Å². The third-order valence-corrected chi connectivity index (χ3v) is 6.31. The Morgan fingerprint density at radius 2 is 2.11 bits per heavy atom. The van der Waals surface area contributed by atoms with Crippen molar-refractivity contribution in [1.29, 1.82) is 0 Å². The summed E-state index contributed by atoms with van der Waals surface area (Å²) >= 11 is 1.51. The van der Waals surface area contributed by atoms with E-state index in [4.69, 9.17) is 9.47 Å². The molecule has 0 radical (unpaired) electrons. The summed E-state index contributed by atoms with van der Waals surface area (Å²) in [6.45, 7) is 7.94. The summed E-state index contributed by atoms with van der Waals surface area (Å²) < 4.78 is 13.0. The van der Waals surface area contributed by atoms with E-state index in [1.807, 2.05) is 19.1 Å². The molecule has 28 heavy (non-hydrogen) atoms. The van der Waals surface area contributed by atoms with Gasteiger partial charge in [-0.3, -0.25) is 0 Å². The van der Waals surface area contributed by atoms with Gasteiger partial charge in [-0.1, -0.05) is 30.4 Å². The number of nitrogens with zero attached hydrogens (tertiary/aromatic N) is 3. The number of aromatic hydroxyl groups is 1. The fourth-order valence-corrected chi connectivity index (χ4v) is 5.23. The molecule has 3 atom stereocenters. The van der Waals surface area contributed by atoms with Crippen LogP contribution in [-0.2, 0) is 11.2 Å². The second kappa shape index (κ2) is 7.69. The van der Waals surface area contributed by atoms with E-state index >= 15 is 0 Å². The molecule has 2 aromatic heterocycles. The number of methoxy groups -OCH3 is 1. The number of morpholine rings is 1. The van der Waals surface area contributed by atoms with Crippen molar-refractivity contribution in [1.82, 2.24) is 14.6 Å². The zero-order valence-electron chi connectivity index (χ0n) is 16.7. The molecule has 1 aliphatic heterocycles. The number of hydrogen-bond acceptors (Lipinski definition) is 6. The van der Waals surface area contributed by atoms with E-state index in [0.29, 0.717) is 0 Å². The largest absolute Gasteiger partial charge is 0.497 e. The topological polar surface area (TPSA) is 73.3 Å². The maximum absolute atomic E-state index is 11.0. The van der Waals surface area contributed by atoms with E-state index in [1.165, 1.54) is 16.2 Å².